The second kappa shape index (κ2) is 7.45. The number of nitrogens with one attached hydrogen (secondary N) is 1. The van der Waals surface area contributed by atoms with Crippen LogP contribution >= 0.6 is 0 Å². The highest BCUT2D eigenvalue weighted by atomic mass is 15.2. The van der Waals surface area contributed by atoms with E-state index in [1.807, 2.05) is 17.9 Å². The van der Waals surface area contributed by atoms with Crippen LogP contribution in [0.5, 0.6) is 0 Å². The minimum atomic E-state index is 0.668. The molecular weight excluding hydrogens is 212 g/mol. The summed E-state index contributed by atoms with van der Waals surface area (Å²) in [6.45, 7) is 7.58. The van der Waals surface area contributed by atoms with E-state index in [4.69, 9.17) is 0 Å². The number of aromatic nitrogens is 2. The van der Waals surface area contributed by atoms with Gasteiger partial charge in [-0.05, 0) is 19.9 Å². The van der Waals surface area contributed by atoms with Crippen LogP contribution in [0.3, 0.4) is 0 Å². The Hall–Kier alpha value is -0.870. The Kier molecular flexibility index (Phi) is 6.22. The lowest BCUT2D eigenvalue weighted by molar-refractivity contribution is 0.314. The Morgan fingerprint density at radius 1 is 1.41 bits per heavy atom. The van der Waals surface area contributed by atoms with Crippen LogP contribution in [0.25, 0.3) is 0 Å². The van der Waals surface area contributed by atoms with Crippen LogP contribution in [0.1, 0.15) is 32.3 Å². The first kappa shape index (κ1) is 14.2. The van der Waals surface area contributed by atoms with Gasteiger partial charge in [0.05, 0.1) is 6.20 Å². The van der Waals surface area contributed by atoms with Crippen molar-refractivity contribution in [3.05, 3.63) is 18.0 Å². The predicted molar refractivity (Wildman–Crippen MR) is 71.9 cm³/mol. The van der Waals surface area contributed by atoms with E-state index in [2.05, 4.69) is 42.4 Å². The van der Waals surface area contributed by atoms with Gasteiger partial charge < -0.3 is 10.2 Å². The van der Waals surface area contributed by atoms with Crippen molar-refractivity contribution in [2.24, 2.45) is 7.05 Å². The molecule has 0 aromatic carbocycles. The van der Waals surface area contributed by atoms with Crippen LogP contribution < -0.4 is 5.32 Å². The van der Waals surface area contributed by atoms with E-state index in [9.17, 15) is 0 Å². The summed E-state index contributed by atoms with van der Waals surface area (Å²) >= 11 is 0. The molecule has 17 heavy (non-hydrogen) atoms. The van der Waals surface area contributed by atoms with Crippen molar-refractivity contribution in [2.75, 3.05) is 20.1 Å². The second-order valence-corrected chi connectivity index (χ2v) is 4.73. The number of hydrogen-bond donors (Lipinski definition) is 1. The molecule has 4 nitrogen and oxygen atoms in total. The quantitative estimate of drug-likeness (QED) is 0.747. The minimum absolute atomic E-state index is 0.668. The Morgan fingerprint density at radius 3 is 2.65 bits per heavy atom. The fraction of sp³-hybridized carbons (Fsp3) is 0.769. The predicted octanol–water partition coefficient (Wildman–Crippen LogP) is 1.63. The molecule has 0 fully saturated rings. The lowest BCUT2D eigenvalue weighted by Crippen LogP contribution is -2.35. The van der Waals surface area contributed by atoms with Gasteiger partial charge >= 0.3 is 0 Å². The van der Waals surface area contributed by atoms with E-state index in [1.165, 1.54) is 18.4 Å². The molecule has 0 aliphatic carbocycles. The molecule has 0 radical (unpaired) electrons. The van der Waals surface area contributed by atoms with Gasteiger partial charge in [0.15, 0.2) is 0 Å². The molecule has 0 unspecified atom stereocenters. The molecule has 0 saturated heterocycles. The molecule has 0 saturated carbocycles. The van der Waals surface area contributed by atoms with E-state index >= 15 is 0 Å². The summed E-state index contributed by atoms with van der Waals surface area (Å²) in [6.07, 6.45) is 6.43. The molecular formula is C13H26N4. The summed E-state index contributed by atoms with van der Waals surface area (Å²) in [6, 6.07) is 0.668. The molecule has 4 heteroatoms. The monoisotopic (exact) mass is 238 g/mol. The topological polar surface area (TPSA) is 33.1 Å². The van der Waals surface area contributed by atoms with Crippen molar-refractivity contribution in [2.45, 2.75) is 39.3 Å². The molecule has 0 aliphatic heterocycles. The van der Waals surface area contributed by atoms with E-state index in [1.54, 1.807) is 0 Å². The van der Waals surface area contributed by atoms with Gasteiger partial charge in [0.1, 0.15) is 0 Å². The van der Waals surface area contributed by atoms with Crippen LogP contribution in [-0.2, 0) is 13.6 Å². The normalized spacial score (nSPS) is 11.6. The Balaban J connectivity index is 2.19. The largest absolute Gasteiger partial charge is 0.313 e. The Morgan fingerprint density at radius 2 is 2.12 bits per heavy atom. The molecule has 1 aromatic heterocycles. The van der Waals surface area contributed by atoms with Gasteiger partial charge in [-0.3, -0.25) is 4.68 Å². The Bertz CT molecular complexity index is 304. The lowest BCUT2D eigenvalue weighted by atomic mass is 10.2. The molecule has 1 aromatic rings. The zero-order valence-electron chi connectivity index (χ0n) is 11.6. The van der Waals surface area contributed by atoms with Crippen molar-refractivity contribution in [3.63, 3.8) is 0 Å². The summed E-state index contributed by atoms with van der Waals surface area (Å²) in [5.74, 6) is 0. The van der Waals surface area contributed by atoms with Gasteiger partial charge in [-0.2, -0.15) is 5.10 Å². The summed E-state index contributed by atoms with van der Waals surface area (Å²) in [5, 5.41) is 7.76. The average molecular weight is 238 g/mol. The Labute approximate surface area is 105 Å². The molecule has 0 bridgehead atoms. The minimum Gasteiger partial charge on any atom is -0.313 e. The molecule has 1 rings (SSSR count). The van der Waals surface area contributed by atoms with Crippen LogP contribution in [0, 0.1) is 0 Å². The maximum absolute atomic E-state index is 4.18. The highest BCUT2D eigenvalue weighted by molar-refractivity contribution is 5.02. The molecule has 98 valence electrons. The van der Waals surface area contributed by atoms with Crippen LogP contribution in [0.15, 0.2) is 12.4 Å². The van der Waals surface area contributed by atoms with Gasteiger partial charge in [-0.25, -0.2) is 0 Å². The summed E-state index contributed by atoms with van der Waals surface area (Å²) in [5.41, 5.74) is 1.28. The molecule has 0 atom stereocenters. The number of rotatable bonds is 8. The fourth-order valence-corrected chi connectivity index (χ4v) is 1.98. The summed E-state index contributed by atoms with van der Waals surface area (Å²) in [4.78, 5) is 2.33. The van der Waals surface area contributed by atoms with Crippen LogP contribution in [0.2, 0.25) is 0 Å². The first-order valence-corrected chi connectivity index (χ1v) is 6.55. The van der Waals surface area contributed by atoms with E-state index < -0.39 is 0 Å². The molecule has 0 amide bonds. The van der Waals surface area contributed by atoms with Crippen molar-refractivity contribution in [1.82, 2.24) is 20.0 Å². The van der Waals surface area contributed by atoms with E-state index in [0.717, 1.165) is 19.6 Å². The van der Waals surface area contributed by atoms with Gasteiger partial charge in [-0.15, -0.1) is 0 Å². The van der Waals surface area contributed by atoms with Gasteiger partial charge in [0.25, 0.3) is 0 Å². The molecule has 0 spiro atoms. The van der Waals surface area contributed by atoms with Crippen molar-refractivity contribution in [1.29, 1.82) is 0 Å². The smallest absolute Gasteiger partial charge is 0.0534 e. The number of hydrogen-bond acceptors (Lipinski definition) is 3. The van der Waals surface area contributed by atoms with E-state index in [-0.39, 0.29) is 0 Å². The maximum Gasteiger partial charge on any atom is 0.0534 e. The van der Waals surface area contributed by atoms with Crippen LogP contribution in [-0.4, -0.2) is 40.9 Å². The van der Waals surface area contributed by atoms with Gasteiger partial charge in [-0.1, -0.05) is 13.8 Å². The van der Waals surface area contributed by atoms with Crippen molar-refractivity contribution in [3.8, 4) is 0 Å². The van der Waals surface area contributed by atoms with E-state index in [0.29, 0.717) is 6.04 Å². The number of likely N-dealkylation sites (N-methyl/N-ethyl adjacent to an activating group) is 1. The first-order chi connectivity index (χ1) is 8.15. The summed E-state index contributed by atoms with van der Waals surface area (Å²) in [7, 11) is 4.11. The maximum atomic E-state index is 4.18. The molecule has 1 N–H and O–H groups in total. The molecule has 0 aliphatic rings. The highest BCUT2D eigenvalue weighted by Crippen LogP contribution is 2.01. The zero-order chi connectivity index (χ0) is 12.7. The molecule has 1 heterocycles. The second-order valence-electron chi connectivity index (χ2n) is 4.73. The van der Waals surface area contributed by atoms with Gasteiger partial charge in [0, 0.05) is 44.5 Å². The van der Waals surface area contributed by atoms with Gasteiger partial charge in [0.2, 0.25) is 0 Å². The zero-order valence-corrected chi connectivity index (χ0v) is 11.6. The third kappa shape index (κ3) is 5.33. The average Bonchev–Trinajstić information content (AvgIpc) is 2.70. The number of aryl methyl sites for hydroxylation is 1. The van der Waals surface area contributed by atoms with Crippen molar-refractivity contribution < 1.29 is 0 Å². The number of nitrogens with zero attached hydrogens (tertiary/aromatic N) is 3. The summed E-state index contributed by atoms with van der Waals surface area (Å²) < 4.78 is 1.85. The lowest BCUT2D eigenvalue weighted by Gasteiger charge is -2.19. The third-order valence-electron chi connectivity index (χ3n) is 3.12. The standard InChI is InChI=1S/C13H26N4/c1-5-13(6-2)14-7-8-16(3)10-12-9-15-17(4)11-12/h9,11,13-14H,5-8,10H2,1-4H3. The SMILES string of the molecule is CCC(CC)NCCN(C)Cc1cnn(C)c1. The highest BCUT2D eigenvalue weighted by Gasteiger charge is 2.04. The van der Waals surface area contributed by atoms with Crippen molar-refractivity contribution >= 4 is 0 Å². The van der Waals surface area contributed by atoms with Crippen LogP contribution in [0.4, 0.5) is 0 Å². The fourth-order valence-electron chi connectivity index (χ4n) is 1.98. The first-order valence-electron chi connectivity index (χ1n) is 6.55. The third-order valence-corrected chi connectivity index (χ3v) is 3.12.